The molecule has 3 rings (SSSR count). The molecule has 0 unspecified atom stereocenters. The van der Waals surface area contributed by atoms with Crippen LogP contribution in [0.4, 0.5) is 11.4 Å². The van der Waals surface area contributed by atoms with Gasteiger partial charge in [0.25, 0.3) is 15.9 Å². The van der Waals surface area contributed by atoms with E-state index in [2.05, 4.69) is 15.4 Å². The summed E-state index contributed by atoms with van der Waals surface area (Å²) in [6.45, 7) is 2.26. The Bertz CT molecular complexity index is 1230. The van der Waals surface area contributed by atoms with Gasteiger partial charge in [-0.15, -0.1) is 0 Å². The normalized spacial score (nSPS) is 10.7. The van der Waals surface area contributed by atoms with E-state index in [9.17, 15) is 13.2 Å². The minimum atomic E-state index is -3.78. The van der Waals surface area contributed by atoms with E-state index in [1.807, 2.05) is 6.92 Å². The number of hydrogen-bond acceptors (Lipinski definition) is 6. The lowest BCUT2D eigenvalue weighted by molar-refractivity contribution is 0.0974. The van der Waals surface area contributed by atoms with Crippen molar-refractivity contribution in [1.29, 1.82) is 0 Å². The third-order valence-corrected chi connectivity index (χ3v) is 6.02. The first-order valence-corrected chi connectivity index (χ1v) is 11.8. The fourth-order valence-corrected chi connectivity index (χ4v) is 4.13. The van der Waals surface area contributed by atoms with Crippen LogP contribution in [0.25, 0.3) is 0 Å². The Balaban J connectivity index is 1.62. The smallest absolute Gasteiger partial charge is 0.261 e. The first-order valence-electron chi connectivity index (χ1n) is 9.93. The number of sulfonamides is 1. The number of nitrogens with one attached hydrogen (secondary N) is 3. The zero-order valence-corrected chi connectivity index (χ0v) is 19.6. The SMILES string of the molecule is CCOc1ccccc1C(=O)NC(=S)Nc1ccc(S(=O)(=O)Nc2ccc(OC)cc2)cc1. The number of thiocarbonyl (C=S) groups is 1. The van der Waals surface area contributed by atoms with Crippen LogP contribution in [0.5, 0.6) is 11.5 Å². The van der Waals surface area contributed by atoms with Crippen molar-refractivity contribution in [1.82, 2.24) is 5.32 Å². The van der Waals surface area contributed by atoms with E-state index in [0.29, 0.717) is 35.0 Å². The average Bonchev–Trinajstić information content (AvgIpc) is 2.80. The molecule has 3 aromatic carbocycles. The number of hydrogen-bond donors (Lipinski definition) is 3. The Kier molecular flexibility index (Phi) is 7.86. The van der Waals surface area contributed by atoms with E-state index in [4.69, 9.17) is 21.7 Å². The summed E-state index contributed by atoms with van der Waals surface area (Å²) >= 11 is 5.21. The summed E-state index contributed by atoms with van der Waals surface area (Å²) < 4.78 is 38.3. The third kappa shape index (κ3) is 6.43. The number of para-hydroxylation sites is 1. The maximum atomic E-state index is 12.6. The standard InChI is InChI=1S/C23H23N3O5S2/c1-3-31-21-7-5-4-6-20(21)22(27)25-23(32)24-16-10-14-19(15-11-16)33(28,29)26-17-8-12-18(30-2)13-9-17/h4-15,26H,3H2,1-2H3,(H2,24,25,27,32). The first kappa shape index (κ1) is 24.0. The molecule has 0 bridgehead atoms. The van der Waals surface area contributed by atoms with Gasteiger partial charge in [-0.3, -0.25) is 14.8 Å². The van der Waals surface area contributed by atoms with Gasteiger partial charge in [-0.2, -0.15) is 0 Å². The molecule has 0 saturated heterocycles. The molecule has 3 N–H and O–H groups in total. The fourth-order valence-electron chi connectivity index (χ4n) is 2.86. The quantitative estimate of drug-likeness (QED) is 0.414. The summed E-state index contributed by atoms with van der Waals surface area (Å²) in [5.74, 6) is 0.663. The molecule has 0 aliphatic heterocycles. The number of rotatable bonds is 8. The molecule has 10 heteroatoms. The van der Waals surface area contributed by atoms with Gasteiger partial charge in [0.05, 0.1) is 24.2 Å². The van der Waals surface area contributed by atoms with Crippen LogP contribution in [-0.4, -0.2) is 33.2 Å². The summed E-state index contributed by atoms with van der Waals surface area (Å²) in [5, 5.41) is 5.52. The van der Waals surface area contributed by atoms with E-state index in [-0.39, 0.29) is 10.0 Å². The maximum Gasteiger partial charge on any atom is 0.261 e. The summed E-state index contributed by atoms with van der Waals surface area (Å²) in [6, 6.07) is 19.3. The van der Waals surface area contributed by atoms with Gasteiger partial charge in [0, 0.05) is 11.4 Å². The van der Waals surface area contributed by atoms with Gasteiger partial charge in [-0.1, -0.05) is 12.1 Å². The zero-order chi connectivity index (χ0) is 23.8. The second-order valence-electron chi connectivity index (χ2n) is 6.70. The second kappa shape index (κ2) is 10.8. The monoisotopic (exact) mass is 485 g/mol. The number of carbonyl (C=O) groups excluding carboxylic acids is 1. The molecule has 0 atom stereocenters. The number of carbonyl (C=O) groups is 1. The Morgan fingerprint density at radius 1 is 0.939 bits per heavy atom. The van der Waals surface area contributed by atoms with Crippen LogP contribution in [0.1, 0.15) is 17.3 Å². The molecule has 1 amide bonds. The van der Waals surface area contributed by atoms with Gasteiger partial charge in [0.2, 0.25) is 0 Å². The van der Waals surface area contributed by atoms with Crippen LogP contribution >= 0.6 is 12.2 Å². The second-order valence-corrected chi connectivity index (χ2v) is 8.79. The molecule has 3 aromatic rings. The molecule has 0 aliphatic carbocycles. The van der Waals surface area contributed by atoms with Crippen molar-refractivity contribution in [3.8, 4) is 11.5 Å². The molecule has 0 heterocycles. The number of benzene rings is 3. The summed E-state index contributed by atoms with van der Waals surface area (Å²) in [6.07, 6.45) is 0. The van der Waals surface area contributed by atoms with Gasteiger partial charge >= 0.3 is 0 Å². The first-order chi connectivity index (χ1) is 15.8. The van der Waals surface area contributed by atoms with Crippen molar-refractivity contribution in [3.63, 3.8) is 0 Å². The van der Waals surface area contributed by atoms with Gasteiger partial charge in [-0.05, 0) is 79.8 Å². The third-order valence-electron chi connectivity index (χ3n) is 4.42. The molecule has 0 aromatic heterocycles. The Hall–Kier alpha value is -3.63. The topological polar surface area (TPSA) is 106 Å². The highest BCUT2D eigenvalue weighted by Gasteiger charge is 2.16. The predicted octanol–water partition coefficient (Wildman–Crippen LogP) is 4.02. The van der Waals surface area contributed by atoms with Gasteiger partial charge < -0.3 is 14.8 Å². The molecular formula is C23H23N3O5S2. The van der Waals surface area contributed by atoms with E-state index < -0.39 is 15.9 Å². The van der Waals surface area contributed by atoms with Crippen molar-refractivity contribution >= 4 is 44.6 Å². The lowest BCUT2D eigenvalue weighted by Gasteiger charge is -2.13. The molecule has 0 fully saturated rings. The number of anilines is 2. The highest BCUT2D eigenvalue weighted by atomic mass is 32.2. The van der Waals surface area contributed by atoms with Crippen molar-refractivity contribution < 1.29 is 22.7 Å². The summed E-state index contributed by atoms with van der Waals surface area (Å²) in [5.41, 5.74) is 1.28. The van der Waals surface area contributed by atoms with Crippen LogP contribution in [-0.2, 0) is 10.0 Å². The molecule has 8 nitrogen and oxygen atoms in total. The van der Waals surface area contributed by atoms with Crippen LogP contribution in [0.15, 0.2) is 77.7 Å². The van der Waals surface area contributed by atoms with E-state index in [0.717, 1.165) is 0 Å². The van der Waals surface area contributed by atoms with E-state index in [1.165, 1.54) is 19.2 Å². The lowest BCUT2D eigenvalue weighted by Crippen LogP contribution is -2.34. The molecule has 0 saturated carbocycles. The fraction of sp³-hybridized carbons (Fsp3) is 0.130. The van der Waals surface area contributed by atoms with Gasteiger partial charge in [0.15, 0.2) is 5.11 Å². The van der Waals surface area contributed by atoms with Gasteiger partial charge in [-0.25, -0.2) is 8.42 Å². The largest absolute Gasteiger partial charge is 0.497 e. The Labute approximate surface area is 198 Å². The van der Waals surface area contributed by atoms with Gasteiger partial charge in [0.1, 0.15) is 11.5 Å². The summed E-state index contributed by atoms with van der Waals surface area (Å²) in [4.78, 5) is 12.6. The van der Waals surface area contributed by atoms with Crippen LogP contribution in [0.2, 0.25) is 0 Å². The predicted molar refractivity (Wildman–Crippen MR) is 132 cm³/mol. The zero-order valence-electron chi connectivity index (χ0n) is 18.0. The lowest BCUT2D eigenvalue weighted by atomic mass is 10.2. The average molecular weight is 486 g/mol. The molecular weight excluding hydrogens is 462 g/mol. The number of amides is 1. The molecule has 33 heavy (non-hydrogen) atoms. The van der Waals surface area contributed by atoms with Crippen LogP contribution in [0.3, 0.4) is 0 Å². The molecule has 0 aliphatic rings. The minimum absolute atomic E-state index is 0.0678. The van der Waals surface area contributed by atoms with Crippen molar-refractivity contribution in [2.24, 2.45) is 0 Å². The minimum Gasteiger partial charge on any atom is -0.497 e. The van der Waals surface area contributed by atoms with Crippen LogP contribution in [0, 0.1) is 0 Å². The maximum absolute atomic E-state index is 12.6. The van der Waals surface area contributed by atoms with Crippen LogP contribution < -0.4 is 24.8 Å². The Morgan fingerprint density at radius 2 is 1.58 bits per heavy atom. The van der Waals surface area contributed by atoms with Crippen molar-refractivity contribution in [3.05, 3.63) is 78.4 Å². The highest BCUT2D eigenvalue weighted by molar-refractivity contribution is 7.92. The highest BCUT2D eigenvalue weighted by Crippen LogP contribution is 2.21. The number of ether oxygens (including phenoxy) is 2. The van der Waals surface area contributed by atoms with E-state index in [1.54, 1.807) is 60.7 Å². The molecule has 0 radical (unpaired) electrons. The van der Waals surface area contributed by atoms with Crippen molar-refractivity contribution in [2.75, 3.05) is 23.8 Å². The van der Waals surface area contributed by atoms with E-state index >= 15 is 0 Å². The van der Waals surface area contributed by atoms with Crippen molar-refractivity contribution in [2.45, 2.75) is 11.8 Å². The molecule has 0 spiro atoms. The molecule has 172 valence electrons. The number of methoxy groups -OCH3 is 1. The summed E-state index contributed by atoms with van der Waals surface area (Å²) in [7, 11) is -2.25. The Morgan fingerprint density at radius 3 is 2.21 bits per heavy atom.